The molecule has 1 saturated carbocycles. The minimum absolute atomic E-state index is 0.00402. The van der Waals surface area contributed by atoms with Crippen LogP contribution in [0.3, 0.4) is 0 Å². The lowest BCUT2D eigenvalue weighted by molar-refractivity contribution is -0.274. The Balaban J connectivity index is 1.43. The number of amides is 2. The van der Waals surface area contributed by atoms with Crippen LogP contribution in [0.2, 0.25) is 0 Å². The van der Waals surface area contributed by atoms with Crippen molar-refractivity contribution in [3.05, 3.63) is 54.9 Å². The zero-order chi connectivity index (χ0) is 25.6. The summed E-state index contributed by atoms with van der Waals surface area (Å²) < 4.78 is 52.4. The maximum atomic E-state index is 12.3. The third-order valence-corrected chi connectivity index (χ3v) is 5.10. The van der Waals surface area contributed by atoms with Gasteiger partial charge in [0.1, 0.15) is 28.6 Å². The molecule has 0 atom stereocenters. The number of hydrogen-bond donors (Lipinski definition) is 2. The molecule has 1 aliphatic rings. The summed E-state index contributed by atoms with van der Waals surface area (Å²) in [5.74, 6) is 0.805. The van der Waals surface area contributed by atoms with Crippen LogP contribution >= 0.6 is 0 Å². The Morgan fingerprint density at radius 3 is 2.29 bits per heavy atom. The second-order valence-corrected chi connectivity index (χ2v) is 9.28. The Morgan fingerprint density at radius 2 is 1.69 bits per heavy atom. The monoisotopic (exact) mass is 493 g/mol. The molecule has 10 heteroatoms. The SMILES string of the molecule is C=C(OC(C)(C)C)c1cc(OC2CCC(NC(=O)Nc3ccc(OC(F)(F)F)cc3)CC2)ccn1. The van der Waals surface area contributed by atoms with Crippen LogP contribution in [0.15, 0.2) is 49.2 Å². The Hall–Kier alpha value is -3.43. The molecule has 0 saturated heterocycles. The van der Waals surface area contributed by atoms with Crippen LogP contribution in [0.25, 0.3) is 5.76 Å². The molecule has 1 aromatic carbocycles. The van der Waals surface area contributed by atoms with E-state index in [0.717, 1.165) is 37.8 Å². The number of pyridine rings is 1. The molecule has 1 aliphatic carbocycles. The van der Waals surface area contributed by atoms with Crippen molar-refractivity contribution in [3.8, 4) is 11.5 Å². The molecular weight excluding hydrogens is 463 g/mol. The van der Waals surface area contributed by atoms with Gasteiger partial charge >= 0.3 is 12.4 Å². The number of urea groups is 1. The van der Waals surface area contributed by atoms with Crippen molar-refractivity contribution in [1.82, 2.24) is 10.3 Å². The van der Waals surface area contributed by atoms with Crippen LogP contribution < -0.4 is 20.1 Å². The highest BCUT2D eigenvalue weighted by Gasteiger charge is 2.31. The molecule has 1 heterocycles. The van der Waals surface area contributed by atoms with E-state index in [0.29, 0.717) is 22.9 Å². The van der Waals surface area contributed by atoms with Crippen molar-refractivity contribution in [2.45, 2.75) is 70.6 Å². The zero-order valence-corrected chi connectivity index (χ0v) is 19.9. The largest absolute Gasteiger partial charge is 0.573 e. The van der Waals surface area contributed by atoms with E-state index in [1.807, 2.05) is 20.8 Å². The molecule has 35 heavy (non-hydrogen) atoms. The van der Waals surface area contributed by atoms with E-state index in [9.17, 15) is 18.0 Å². The molecule has 1 fully saturated rings. The molecule has 0 spiro atoms. The first-order valence-corrected chi connectivity index (χ1v) is 11.3. The van der Waals surface area contributed by atoms with Crippen LogP contribution in [0, 0.1) is 0 Å². The fourth-order valence-corrected chi connectivity index (χ4v) is 3.67. The topological polar surface area (TPSA) is 81.7 Å². The van der Waals surface area contributed by atoms with Gasteiger partial charge in [0.05, 0.1) is 6.10 Å². The Bertz CT molecular complexity index is 1010. The van der Waals surface area contributed by atoms with E-state index in [-0.39, 0.29) is 23.5 Å². The fourth-order valence-electron chi connectivity index (χ4n) is 3.67. The third-order valence-electron chi connectivity index (χ3n) is 5.10. The highest BCUT2D eigenvalue weighted by molar-refractivity contribution is 5.89. The normalized spacial score (nSPS) is 18.3. The lowest BCUT2D eigenvalue weighted by atomic mass is 9.93. The second kappa shape index (κ2) is 10.9. The minimum Gasteiger partial charge on any atom is -0.490 e. The lowest BCUT2D eigenvalue weighted by Gasteiger charge is -2.29. The molecule has 7 nitrogen and oxygen atoms in total. The van der Waals surface area contributed by atoms with Gasteiger partial charge in [-0.3, -0.25) is 4.98 Å². The maximum Gasteiger partial charge on any atom is 0.573 e. The molecule has 2 aromatic rings. The van der Waals surface area contributed by atoms with Crippen LogP contribution in [0.5, 0.6) is 11.5 Å². The molecule has 0 bridgehead atoms. The molecule has 2 amide bonds. The lowest BCUT2D eigenvalue weighted by Crippen LogP contribution is -2.41. The van der Waals surface area contributed by atoms with Gasteiger partial charge in [0.15, 0.2) is 0 Å². The van der Waals surface area contributed by atoms with E-state index >= 15 is 0 Å². The number of benzene rings is 1. The number of rotatable bonds is 7. The number of anilines is 1. The van der Waals surface area contributed by atoms with Crippen molar-refractivity contribution in [1.29, 1.82) is 0 Å². The van der Waals surface area contributed by atoms with Crippen molar-refractivity contribution in [2.24, 2.45) is 0 Å². The Morgan fingerprint density at radius 1 is 1.03 bits per heavy atom. The van der Waals surface area contributed by atoms with Crippen LogP contribution in [0.1, 0.15) is 52.1 Å². The molecule has 0 unspecified atom stereocenters. The number of alkyl halides is 3. The average molecular weight is 494 g/mol. The van der Waals surface area contributed by atoms with Gasteiger partial charge in [-0.1, -0.05) is 6.58 Å². The molecule has 3 rings (SSSR count). The van der Waals surface area contributed by atoms with Crippen LogP contribution in [-0.2, 0) is 4.74 Å². The first kappa shape index (κ1) is 26.2. The van der Waals surface area contributed by atoms with Crippen molar-refractivity contribution >= 4 is 17.5 Å². The second-order valence-electron chi connectivity index (χ2n) is 9.28. The molecule has 0 aliphatic heterocycles. The van der Waals surface area contributed by atoms with E-state index in [1.54, 1.807) is 18.3 Å². The van der Waals surface area contributed by atoms with Gasteiger partial charge < -0.3 is 24.8 Å². The van der Waals surface area contributed by atoms with Crippen LogP contribution in [-0.4, -0.2) is 35.1 Å². The molecule has 190 valence electrons. The van der Waals surface area contributed by atoms with Gasteiger partial charge in [0, 0.05) is 24.0 Å². The van der Waals surface area contributed by atoms with Crippen molar-refractivity contribution < 1.29 is 32.2 Å². The molecule has 1 aromatic heterocycles. The van der Waals surface area contributed by atoms with Gasteiger partial charge in [-0.25, -0.2) is 4.79 Å². The fraction of sp³-hybridized carbons (Fsp3) is 0.440. The summed E-state index contributed by atoms with van der Waals surface area (Å²) in [6, 6.07) is 8.10. The number of ether oxygens (including phenoxy) is 3. The summed E-state index contributed by atoms with van der Waals surface area (Å²) in [7, 11) is 0. The predicted molar refractivity (Wildman–Crippen MR) is 126 cm³/mol. The number of aromatic nitrogens is 1. The number of carbonyl (C=O) groups is 1. The summed E-state index contributed by atoms with van der Waals surface area (Å²) >= 11 is 0. The highest BCUT2D eigenvalue weighted by atomic mass is 19.4. The Labute approximate surface area is 202 Å². The first-order valence-electron chi connectivity index (χ1n) is 11.3. The van der Waals surface area contributed by atoms with E-state index in [2.05, 4.69) is 26.9 Å². The number of nitrogens with one attached hydrogen (secondary N) is 2. The van der Waals surface area contributed by atoms with Crippen molar-refractivity contribution in [2.75, 3.05) is 5.32 Å². The number of carbonyl (C=O) groups excluding carboxylic acids is 1. The van der Waals surface area contributed by atoms with E-state index in [4.69, 9.17) is 9.47 Å². The zero-order valence-electron chi connectivity index (χ0n) is 19.9. The maximum absolute atomic E-state index is 12.3. The van der Waals surface area contributed by atoms with Crippen LogP contribution in [0.4, 0.5) is 23.7 Å². The molecule has 2 N–H and O–H groups in total. The summed E-state index contributed by atoms with van der Waals surface area (Å²) in [6.07, 6.45) is -0.130. The Kier molecular flexibility index (Phi) is 8.14. The quantitative estimate of drug-likeness (QED) is 0.444. The summed E-state index contributed by atoms with van der Waals surface area (Å²) in [6.45, 7) is 9.76. The van der Waals surface area contributed by atoms with Gasteiger partial charge in [-0.2, -0.15) is 0 Å². The number of halogens is 3. The van der Waals surface area contributed by atoms with Gasteiger partial charge in [-0.15, -0.1) is 13.2 Å². The van der Waals surface area contributed by atoms with Gasteiger partial charge in [0.25, 0.3) is 0 Å². The first-order chi connectivity index (χ1) is 16.4. The third kappa shape index (κ3) is 9.03. The minimum atomic E-state index is -4.76. The van der Waals surface area contributed by atoms with E-state index < -0.39 is 12.4 Å². The summed E-state index contributed by atoms with van der Waals surface area (Å²) in [5.41, 5.74) is 0.597. The van der Waals surface area contributed by atoms with E-state index in [1.165, 1.54) is 12.1 Å². The molecule has 0 radical (unpaired) electrons. The van der Waals surface area contributed by atoms with Gasteiger partial charge in [-0.05, 0) is 76.8 Å². The average Bonchev–Trinajstić information content (AvgIpc) is 2.74. The predicted octanol–water partition coefficient (Wildman–Crippen LogP) is 6.28. The molecular formula is C25H30F3N3O4. The smallest absolute Gasteiger partial charge is 0.490 e. The highest BCUT2D eigenvalue weighted by Crippen LogP contribution is 2.27. The van der Waals surface area contributed by atoms with Crippen molar-refractivity contribution in [3.63, 3.8) is 0 Å². The number of hydrogen-bond acceptors (Lipinski definition) is 5. The standard InChI is InChI=1S/C25H30F3N3O4/c1-16(34-24(2,3)4)22-15-21(13-14-29-22)33-19-9-5-17(6-10-19)30-23(32)31-18-7-11-20(12-8-18)35-25(26,27)28/h7-8,11-15,17,19H,1,5-6,9-10H2,2-4H3,(H2,30,31,32). The summed E-state index contributed by atoms with van der Waals surface area (Å²) in [4.78, 5) is 16.6. The summed E-state index contributed by atoms with van der Waals surface area (Å²) in [5, 5.41) is 5.51. The van der Waals surface area contributed by atoms with Gasteiger partial charge in [0.2, 0.25) is 0 Å². The number of nitrogens with zero attached hydrogens (tertiary/aromatic N) is 1.